The van der Waals surface area contributed by atoms with Gasteiger partial charge in [0.15, 0.2) is 0 Å². The number of nitrogens with two attached hydrogens (primary N) is 1. The fourth-order valence-electron chi connectivity index (χ4n) is 2.52. The summed E-state index contributed by atoms with van der Waals surface area (Å²) in [5.74, 6) is 1.53. The van der Waals surface area contributed by atoms with E-state index in [1.807, 2.05) is 0 Å². The second kappa shape index (κ2) is 4.45. The lowest BCUT2D eigenvalue weighted by Crippen LogP contribution is -2.34. The van der Waals surface area contributed by atoms with Gasteiger partial charge in [-0.2, -0.15) is 11.3 Å². The summed E-state index contributed by atoms with van der Waals surface area (Å²) in [6.45, 7) is 2.30. The molecule has 0 aromatic carbocycles. The third-order valence-electron chi connectivity index (χ3n) is 3.56. The largest absolute Gasteiger partial charge is 0.327 e. The minimum atomic E-state index is 0.396. The highest BCUT2D eigenvalue weighted by Gasteiger charge is 2.28. The van der Waals surface area contributed by atoms with Crippen LogP contribution in [0.2, 0.25) is 0 Å². The summed E-state index contributed by atoms with van der Waals surface area (Å²) in [4.78, 5) is 0. The van der Waals surface area contributed by atoms with E-state index in [0.717, 1.165) is 5.92 Å². The maximum atomic E-state index is 6.19. The Morgan fingerprint density at radius 1 is 1.50 bits per heavy atom. The van der Waals surface area contributed by atoms with E-state index in [4.69, 9.17) is 5.73 Å². The zero-order valence-corrected chi connectivity index (χ0v) is 9.59. The Bertz CT molecular complexity index is 268. The van der Waals surface area contributed by atoms with Crippen LogP contribution in [0.5, 0.6) is 0 Å². The molecule has 0 amide bonds. The molecule has 1 nitrogen and oxygen atoms in total. The second-order valence-corrected chi connectivity index (χ2v) is 5.19. The summed E-state index contributed by atoms with van der Waals surface area (Å²) in [6.07, 6.45) is 5.15. The third kappa shape index (κ3) is 2.01. The Morgan fingerprint density at radius 2 is 2.36 bits per heavy atom. The van der Waals surface area contributed by atoms with Crippen molar-refractivity contribution in [1.29, 1.82) is 0 Å². The predicted molar refractivity (Wildman–Crippen MR) is 62.7 cm³/mol. The van der Waals surface area contributed by atoms with Gasteiger partial charge in [0, 0.05) is 12.0 Å². The van der Waals surface area contributed by atoms with Gasteiger partial charge in [-0.15, -0.1) is 0 Å². The van der Waals surface area contributed by atoms with E-state index in [1.165, 1.54) is 31.2 Å². The lowest BCUT2D eigenvalue weighted by Gasteiger charge is -2.33. The van der Waals surface area contributed by atoms with Crippen LogP contribution in [-0.4, -0.2) is 6.04 Å². The Morgan fingerprint density at radius 3 is 3.00 bits per heavy atom. The molecule has 0 bridgehead atoms. The van der Waals surface area contributed by atoms with Crippen molar-refractivity contribution in [3.05, 3.63) is 22.4 Å². The van der Waals surface area contributed by atoms with Crippen LogP contribution in [0.25, 0.3) is 0 Å². The standard InChI is InChI=1S/C12H19NS/c1-2-9-3-4-12(13)11(7-9)10-5-6-14-8-10/h5-6,8-9,11-12H,2-4,7,13H2,1H3. The lowest BCUT2D eigenvalue weighted by molar-refractivity contribution is 0.283. The molecule has 1 heterocycles. The van der Waals surface area contributed by atoms with E-state index in [0.29, 0.717) is 12.0 Å². The number of thiophene rings is 1. The van der Waals surface area contributed by atoms with Gasteiger partial charge in [0.2, 0.25) is 0 Å². The fourth-order valence-corrected chi connectivity index (χ4v) is 3.25. The molecule has 1 aromatic heterocycles. The molecule has 2 heteroatoms. The van der Waals surface area contributed by atoms with Gasteiger partial charge in [-0.25, -0.2) is 0 Å². The smallest absolute Gasteiger partial charge is 0.0108 e. The van der Waals surface area contributed by atoms with Crippen molar-refractivity contribution in [2.24, 2.45) is 11.7 Å². The van der Waals surface area contributed by atoms with Crippen LogP contribution in [0.3, 0.4) is 0 Å². The molecule has 1 saturated carbocycles. The first-order valence-electron chi connectivity index (χ1n) is 5.59. The predicted octanol–water partition coefficient (Wildman–Crippen LogP) is 3.37. The van der Waals surface area contributed by atoms with E-state index in [1.54, 1.807) is 11.3 Å². The molecule has 3 atom stereocenters. The van der Waals surface area contributed by atoms with Crippen LogP contribution >= 0.6 is 11.3 Å². The third-order valence-corrected chi connectivity index (χ3v) is 4.26. The zero-order valence-electron chi connectivity index (χ0n) is 8.78. The van der Waals surface area contributed by atoms with E-state index in [2.05, 4.69) is 23.8 Å². The number of rotatable bonds is 2. The van der Waals surface area contributed by atoms with Crippen LogP contribution in [0.4, 0.5) is 0 Å². The molecule has 1 aromatic rings. The highest BCUT2D eigenvalue weighted by atomic mass is 32.1. The minimum absolute atomic E-state index is 0.396. The van der Waals surface area contributed by atoms with E-state index in [-0.39, 0.29) is 0 Å². The zero-order chi connectivity index (χ0) is 9.97. The number of hydrogen-bond acceptors (Lipinski definition) is 2. The van der Waals surface area contributed by atoms with Crippen molar-refractivity contribution in [2.75, 3.05) is 0 Å². The monoisotopic (exact) mass is 209 g/mol. The van der Waals surface area contributed by atoms with Gasteiger partial charge in [-0.05, 0) is 47.6 Å². The molecule has 0 radical (unpaired) electrons. The van der Waals surface area contributed by atoms with Gasteiger partial charge in [0.25, 0.3) is 0 Å². The minimum Gasteiger partial charge on any atom is -0.327 e. The summed E-state index contributed by atoms with van der Waals surface area (Å²) in [5.41, 5.74) is 7.66. The average Bonchev–Trinajstić information content (AvgIpc) is 2.71. The molecule has 14 heavy (non-hydrogen) atoms. The van der Waals surface area contributed by atoms with Crippen molar-refractivity contribution >= 4 is 11.3 Å². The van der Waals surface area contributed by atoms with Crippen LogP contribution in [-0.2, 0) is 0 Å². The highest BCUT2D eigenvalue weighted by Crippen LogP contribution is 2.37. The summed E-state index contributed by atoms with van der Waals surface area (Å²) in [7, 11) is 0. The second-order valence-electron chi connectivity index (χ2n) is 4.41. The van der Waals surface area contributed by atoms with Crippen molar-refractivity contribution in [3.8, 4) is 0 Å². The molecule has 1 aliphatic rings. The molecule has 0 spiro atoms. The highest BCUT2D eigenvalue weighted by molar-refractivity contribution is 7.07. The molecule has 3 unspecified atom stereocenters. The van der Waals surface area contributed by atoms with Gasteiger partial charge in [-0.1, -0.05) is 13.3 Å². The summed E-state index contributed by atoms with van der Waals surface area (Å²) in [6, 6.07) is 2.64. The first kappa shape index (κ1) is 10.2. The molecular weight excluding hydrogens is 190 g/mol. The van der Waals surface area contributed by atoms with Crippen molar-refractivity contribution in [1.82, 2.24) is 0 Å². The SMILES string of the molecule is CCC1CCC(N)C(c2ccsc2)C1. The Kier molecular flexibility index (Phi) is 3.24. The summed E-state index contributed by atoms with van der Waals surface area (Å²) >= 11 is 1.79. The van der Waals surface area contributed by atoms with Crippen molar-refractivity contribution in [3.63, 3.8) is 0 Å². The topological polar surface area (TPSA) is 26.0 Å². The van der Waals surface area contributed by atoms with Crippen LogP contribution in [0, 0.1) is 5.92 Å². The quantitative estimate of drug-likeness (QED) is 0.794. The number of hydrogen-bond donors (Lipinski definition) is 1. The van der Waals surface area contributed by atoms with Gasteiger partial charge < -0.3 is 5.73 Å². The van der Waals surface area contributed by atoms with E-state index in [9.17, 15) is 0 Å². The van der Waals surface area contributed by atoms with Gasteiger partial charge in [-0.3, -0.25) is 0 Å². The Hall–Kier alpha value is -0.340. The lowest BCUT2D eigenvalue weighted by atomic mass is 9.75. The molecule has 78 valence electrons. The molecular formula is C12H19NS. The molecule has 1 aliphatic carbocycles. The first-order chi connectivity index (χ1) is 6.81. The van der Waals surface area contributed by atoms with E-state index >= 15 is 0 Å². The first-order valence-corrected chi connectivity index (χ1v) is 6.53. The average molecular weight is 209 g/mol. The molecule has 0 saturated heterocycles. The molecule has 2 rings (SSSR count). The Balaban J connectivity index is 2.09. The summed E-state index contributed by atoms with van der Waals surface area (Å²) in [5, 5.41) is 4.43. The van der Waals surface area contributed by atoms with Crippen molar-refractivity contribution in [2.45, 2.75) is 44.6 Å². The fraction of sp³-hybridized carbons (Fsp3) is 0.667. The van der Waals surface area contributed by atoms with Crippen LogP contribution in [0.1, 0.15) is 44.1 Å². The van der Waals surface area contributed by atoms with Gasteiger partial charge in [0.1, 0.15) is 0 Å². The summed E-state index contributed by atoms with van der Waals surface area (Å²) < 4.78 is 0. The van der Waals surface area contributed by atoms with Gasteiger partial charge in [0.05, 0.1) is 0 Å². The molecule has 1 fully saturated rings. The van der Waals surface area contributed by atoms with Crippen LogP contribution < -0.4 is 5.73 Å². The van der Waals surface area contributed by atoms with Crippen molar-refractivity contribution < 1.29 is 0 Å². The molecule has 0 aliphatic heterocycles. The van der Waals surface area contributed by atoms with Gasteiger partial charge >= 0.3 is 0 Å². The maximum Gasteiger partial charge on any atom is 0.0108 e. The molecule has 2 N–H and O–H groups in total. The normalized spacial score (nSPS) is 33.1. The van der Waals surface area contributed by atoms with E-state index < -0.39 is 0 Å². The van der Waals surface area contributed by atoms with Crippen LogP contribution in [0.15, 0.2) is 16.8 Å². The Labute approximate surface area is 90.3 Å². The maximum absolute atomic E-state index is 6.19.